The fraction of sp³-hybridized carbons (Fsp3) is 0.182. The van der Waals surface area contributed by atoms with Crippen molar-refractivity contribution in [2.45, 2.75) is 26.2 Å². The van der Waals surface area contributed by atoms with Crippen molar-refractivity contribution in [1.82, 2.24) is 0 Å². The van der Waals surface area contributed by atoms with Crippen LogP contribution < -0.4 is 0 Å². The van der Waals surface area contributed by atoms with E-state index in [1.165, 1.54) is 38.9 Å². The van der Waals surface area contributed by atoms with Gasteiger partial charge in [0.05, 0.1) is 0 Å². The third-order valence-corrected chi connectivity index (χ3v) is 4.72. The lowest BCUT2D eigenvalue weighted by Crippen LogP contribution is -1.95. The molecule has 3 aromatic rings. The zero-order chi connectivity index (χ0) is 15.1. The lowest BCUT2D eigenvalue weighted by atomic mass is 9.89. The fourth-order valence-electron chi connectivity index (χ4n) is 3.66. The van der Waals surface area contributed by atoms with E-state index in [-0.39, 0.29) is 0 Å². The lowest BCUT2D eigenvalue weighted by molar-refractivity contribution is 0.869. The van der Waals surface area contributed by atoms with E-state index in [1.54, 1.807) is 0 Å². The maximum absolute atomic E-state index is 2.28. The highest BCUT2D eigenvalue weighted by molar-refractivity contribution is 5.85. The molecule has 22 heavy (non-hydrogen) atoms. The molecule has 0 N–H and O–H groups in total. The van der Waals surface area contributed by atoms with Crippen LogP contribution in [-0.4, -0.2) is 0 Å². The predicted molar refractivity (Wildman–Crippen MR) is 94.2 cm³/mol. The summed E-state index contributed by atoms with van der Waals surface area (Å²) in [5.41, 5.74) is 9.98. The van der Waals surface area contributed by atoms with Gasteiger partial charge >= 0.3 is 0 Å². The van der Waals surface area contributed by atoms with Crippen LogP contribution in [0.2, 0.25) is 0 Å². The predicted octanol–water partition coefficient (Wildman–Crippen LogP) is 6.05. The summed E-state index contributed by atoms with van der Waals surface area (Å²) in [6, 6.07) is 24.4. The Morgan fingerprint density at radius 2 is 1.23 bits per heavy atom. The molecule has 0 heteroatoms. The zero-order valence-corrected chi connectivity index (χ0v) is 13.1. The standard InChI is InChI=1S/C22H20/c1-15(2)17-9-5-6-11-19(17)21-13-7-12-20-18-10-4-3-8-16(18)14-22(20)21/h3-13,15H,14H2,1-2H3. The van der Waals surface area contributed by atoms with Gasteiger partial charge in [-0.25, -0.2) is 0 Å². The molecule has 3 aromatic carbocycles. The summed E-state index contributed by atoms with van der Waals surface area (Å²) in [6.45, 7) is 4.55. The summed E-state index contributed by atoms with van der Waals surface area (Å²) in [7, 11) is 0. The third-order valence-electron chi connectivity index (χ3n) is 4.72. The average Bonchev–Trinajstić information content (AvgIpc) is 2.93. The first kappa shape index (κ1) is 13.3. The minimum Gasteiger partial charge on any atom is -0.0619 e. The van der Waals surface area contributed by atoms with Crippen LogP contribution in [0, 0.1) is 0 Å². The summed E-state index contributed by atoms with van der Waals surface area (Å²) in [6.07, 6.45) is 1.05. The topological polar surface area (TPSA) is 0 Å². The molecular formula is C22H20. The smallest absolute Gasteiger partial charge is 0.000728 e. The van der Waals surface area contributed by atoms with Crippen LogP contribution in [0.4, 0.5) is 0 Å². The van der Waals surface area contributed by atoms with Crippen LogP contribution in [0.3, 0.4) is 0 Å². The van der Waals surface area contributed by atoms with Crippen molar-refractivity contribution in [2.75, 3.05) is 0 Å². The van der Waals surface area contributed by atoms with Crippen LogP contribution in [0.5, 0.6) is 0 Å². The van der Waals surface area contributed by atoms with Gasteiger partial charge in [-0.3, -0.25) is 0 Å². The van der Waals surface area contributed by atoms with E-state index in [9.17, 15) is 0 Å². The highest BCUT2D eigenvalue weighted by atomic mass is 14.3. The molecule has 0 amide bonds. The fourth-order valence-corrected chi connectivity index (χ4v) is 3.66. The van der Waals surface area contributed by atoms with Gasteiger partial charge in [-0.1, -0.05) is 80.6 Å². The molecule has 0 bridgehead atoms. The molecule has 0 spiro atoms. The summed E-state index contributed by atoms with van der Waals surface area (Å²) < 4.78 is 0. The quantitative estimate of drug-likeness (QED) is 0.420. The number of hydrogen-bond donors (Lipinski definition) is 0. The minimum absolute atomic E-state index is 0.538. The maximum atomic E-state index is 2.28. The van der Waals surface area contributed by atoms with E-state index in [1.807, 2.05) is 0 Å². The molecule has 0 atom stereocenters. The van der Waals surface area contributed by atoms with Crippen molar-refractivity contribution in [3.63, 3.8) is 0 Å². The van der Waals surface area contributed by atoms with Gasteiger partial charge in [-0.15, -0.1) is 0 Å². The first-order chi connectivity index (χ1) is 10.8. The Kier molecular flexibility index (Phi) is 3.11. The number of benzene rings is 3. The number of hydrogen-bond acceptors (Lipinski definition) is 0. The van der Waals surface area contributed by atoms with Gasteiger partial charge < -0.3 is 0 Å². The van der Waals surface area contributed by atoms with Crippen LogP contribution in [-0.2, 0) is 6.42 Å². The Morgan fingerprint density at radius 1 is 0.636 bits per heavy atom. The van der Waals surface area contributed by atoms with E-state index in [4.69, 9.17) is 0 Å². The van der Waals surface area contributed by atoms with Gasteiger partial charge in [-0.05, 0) is 51.3 Å². The first-order valence-electron chi connectivity index (χ1n) is 8.05. The van der Waals surface area contributed by atoms with E-state index in [0.717, 1.165) is 6.42 Å². The average molecular weight is 284 g/mol. The van der Waals surface area contributed by atoms with E-state index in [2.05, 4.69) is 80.6 Å². The van der Waals surface area contributed by atoms with Gasteiger partial charge in [0, 0.05) is 0 Å². The summed E-state index contributed by atoms with van der Waals surface area (Å²) in [4.78, 5) is 0. The van der Waals surface area contributed by atoms with Crippen LogP contribution >= 0.6 is 0 Å². The van der Waals surface area contributed by atoms with Gasteiger partial charge in [0.15, 0.2) is 0 Å². The normalized spacial score (nSPS) is 12.3. The molecule has 1 aliphatic carbocycles. The first-order valence-corrected chi connectivity index (χ1v) is 8.05. The molecule has 0 saturated heterocycles. The molecule has 1 aliphatic rings. The Bertz CT molecular complexity index is 840. The van der Waals surface area contributed by atoms with Gasteiger partial charge in [-0.2, -0.15) is 0 Å². The summed E-state index contributed by atoms with van der Waals surface area (Å²) >= 11 is 0. The lowest BCUT2D eigenvalue weighted by Gasteiger charge is -2.16. The molecule has 4 rings (SSSR count). The van der Waals surface area contributed by atoms with Crippen molar-refractivity contribution >= 4 is 0 Å². The highest BCUT2D eigenvalue weighted by Gasteiger charge is 2.22. The molecule has 0 aliphatic heterocycles. The van der Waals surface area contributed by atoms with Crippen molar-refractivity contribution < 1.29 is 0 Å². The Balaban J connectivity index is 1.94. The van der Waals surface area contributed by atoms with Crippen LogP contribution in [0.1, 0.15) is 36.5 Å². The Labute approximate surface area is 132 Å². The van der Waals surface area contributed by atoms with Crippen LogP contribution in [0.25, 0.3) is 22.3 Å². The summed E-state index contributed by atoms with van der Waals surface area (Å²) in [5.74, 6) is 0.538. The summed E-state index contributed by atoms with van der Waals surface area (Å²) in [5, 5.41) is 0. The van der Waals surface area contributed by atoms with Crippen molar-refractivity contribution in [3.8, 4) is 22.3 Å². The van der Waals surface area contributed by atoms with Crippen molar-refractivity contribution in [2.24, 2.45) is 0 Å². The SMILES string of the molecule is CC(C)c1ccccc1-c1cccc2c1Cc1ccccc1-2. The molecular weight excluding hydrogens is 264 g/mol. The molecule has 0 saturated carbocycles. The second-order valence-corrected chi connectivity index (χ2v) is 6.41. The molecule has 0 aromatic heterocycles. The largest absolute Gasteiger partial charge is 0.0619 e. The zero-order valence-electron chi connectivity index (χ0n) is 13.1. The molecule has 0 unspecified atom stereocenters. The maximum Gasteiger partial charge on any atom is -0.000728 e. The van der Waals surface area contributed by atoms with Gasteiger partial charge in [0.1, 0.15) is 0 Å². The minimum atomic E-state index is 0.538. The van der Waals surface area contributed by atoms with Gasteiger partial charge in [0.25, 0.3) is 0 Å². The molecule has 0 nitrogen and oxygen atoms in total. The van der Waals surface area contributed by atoms with Crippen molar-refractivity contribution in [1.29, 1.82) is 0 Å². The highest BCUT2D eigenvalue weighted by Crippen LogP contribution is 2.42. The van der Waals surface area contributed by atoms with Crippen LogP contribution in [0.15, 0.2) is 66.7 Å². The van der Waals surface area contributed by atoms with Gasteiger partial charge in [0.2, 0.25) is 0 Å². The Hall–Kier alpha value is -2.34. The van der Waals surface area contributed by atoms with E-state index >= 15 is 0 Å². The van der Waals surface area contributed by atoms with Crippen molar-refractivity contribution in [3.05, 3.63) is 83.4 Å². The third kappa shape index (κ3) is 1.99. The Morgan fingerprint density at radius 3 is 2.00 bits per heavy atom. The monoisotopic (exact) mass is 284 g/mol. The molecule has 0 heterocycles. The number of rotatable bonds is 2. The second-order valence-electron chi connectivity index (χ2n) is 6.41. The molecule has 0 fully saturated rings. The second kappa shape index (κ2) is 5.14. The number of fused-ring (bicyclic) bond motifs is 3. The van der Waals surface area contributed by atoms with E-state index < -0.39 is 0 Å². The molecule has 108 valence electrons. The van der Waals surface area contributed by atoms with E-state index in [0.29, 0.717) is 5.92 Å². The molecule has 0 radical (unpaired) electrons.